The van der Waals surface area contributed by atoms with Gasteiger partial charge in [-0.2, -0.15) is 5.10 Å². The number of hydrogen-bond donors (Lipinski definition) is 2. The summed E-state index contributed by atoms with van der Waals surface area (Å²) in [6, 6.07) is 13.1. The number of hydrogen-bond acceptors (Lipinski definition) is 7. The number of aromatic nitrogens is 5. The average molecular weight is 453 g/mol. The van der Waals surface area contributed by atoms with Gasteiger partial charge in [-0.1, -0.05) is 24.3 Å². The maximum Gasteiger partial charge on any atom is 0.183 e. The van der Waals surface area contributed by atoms with Crippen LogP contribution in [0.15, 0.2) is 48.8 Å². The second kappa shape index (κ2) is 7.50. The zero-order valence-corrected chi connectivity index (χ0v) is 19.1. The summed E-state index contributed by atoms with van der Waals surface area (Å²) in [5, 5.41) is 7.74. The molecule has 3 aromatic heterocycles. The molecule has 1 aliphatic carbocycles. The Balaban J connectivity index is 1.15. The zero-order chi connectivity index (χ0) is 22.7. The Labute approximate surface area is 198 Å². The molecule has 1 atom stereocenters. The van der Waals surface area contributed by atoms with E-state index in [1.807, 2.05) is 18.5 Å². The van der Waals surface area contributed by atoms with Gasteiger partial charge < -0.3 is 15.5 Å². The van der Waals surface area contributed by atoms with Crippen molar-refractivity contribution < 1.29 is 0 Å². The predicted octanol–water partition coefficient (Wildman–Crippen LogP) is 3.25. The van der Waals surface area contributed by atoms with Crippen molar-refractivity contribution in [2.24, 2.45) is 5.73 Å². The molecule has 0 radical (unpaired) electrons. The third kappa shape index (κ3) is 2.88. The van der Waals surface area contributed by atoms with Gasteiger partial charge in [0.25, 0.3) is 0 Å². The number of pyridine rings is 1. The lowest BCUT2D eigenvalue weighted by Gasteiger charge is -2.43. The zero-order valence-electron chi connectivity index (χ0n) is 19.1. The summed E-state index contributed by atoms with van der Waals surface area (Å²) in [7, 11) is 0. The Bertz CT molecular complexity index is 1370. The van der Waals surface area contributed by atoms with Gasteiger partial charge in [-0.25, -0.2) is 9.97 Å². The number of aromatic amines is 1. The van der Waals surface area contributed by atoms with Gasteiger partial charge in [-0.15, -0.1) is 0 Å². The minimum atomic E-state index is 0.0848. The highest BCUT2D eigenvalue weighted by Crippen LogP contribution is 2.46. The maximum absolute atomic E-state index is 6.69. The molecule has 7 rings (SSSR count). The lowest BCUT2D eigenvalue weighted by molar-refractivity contribution is 0.292. The van der Waals surface area contributed by atoms with E-state index in [-0.39, 0.29) is 11.5 Å². The molecular formula is C26H28N8. The van der Waals surface area contributed by atoms with Crippen molar-refractivity contribution in [3.63, 3.8) is 0 Å². The summed E-state index contributed by atoms with van der Waals surface area (Å²) < 4.78 is 0. The van der Waals surface area contributed by atoms with Crippen LogP contribution in [0.4, 0.5) is 17.3 Å². The number of piperidine rings is 1. The van der Waals surface area contributed by atoms with Crippen molar-refractivity contribution in [2.45, 2.75) is 43.6 Å². The van der Waals surface area contributed by atoms with Gasteiger partial charge in [0.15, 0.2) is 17.0 Å². The van der Waals surface area contributed by atoms with Gasteiger partial charge >= 0.3 is 0 Å². The molecule has 5 heterocycles. The van der Waals surface area contributed by atoms with Crippen LogP contribution in [0.25, 0.3) is 11.2 Å². The Morgan fingerprint density at radius 3 is 2.82 bits per heavy atom. The molecule has 1 fully saturated rings. The molecule has 34 heavy (non-hydrogen) atoms. The fourth-order valence-corrected chi connectivity index (χ4v) is 6.32. The van der Waals surface area contributed by atoms with E-state index in [4.69, 9.17) is 15.7 Å². The van der Waals surface area contributed by atoms with Crippen molar-refractivity contribution in [1.82, 2.24) is 25.1 Å². The number of nitrogens with zero attached hydrogens (tertiary/aromatic N) is 6. The van der Waals surface area contributed by atoms with Crippen LogP contribution >= 0.6 is 0 Å². The van der Waals surface area contributed by atoms with E-state index >= 15 is 0 Å². The number of fused-ring (bicyclic) bond motifs is 4. The van der Waals surface area contributed by atoms with Gasteiger partial charge in [0, 0.05) is 37.3 Å². The molecule has 0 saturated carbocycles. The monoisotopic (exact) mass is 452 g/mol. The minimum Gasteiger partial charge on any atom is -0.355 e. The molecule has 172 valence electrons. The number of H-pyrrole nitrogens is 1. The number of benzene rings is 1. The largest absolute Gasteiger partial charge is 0.355 e. The van der Waals surface area contributed by atoms with Crippen molar-refractivity contribution in [1.29, 1.82) is 0 Å². The van der Waals surface area contributed by atoms with Gasteiger partial charge in [0.1, 0.15) is 5.82 Å². The van der Waals surface area contributed by atoms with E-state index in [0.717, 1.165) is 85.9 Å². The quantitative estimate of drug-likeness (QED) is 0.482. The van der Waals surface area contributed by atoms with E-state index in [1.165, 1.54) is 11.1 Å². The lowest BCUT2D eigenvalue weighted by Crippen LogP contribution is -2.50. The Kier molecular flexibility index (Phi) is 4.39. The number of rotatable bonds is 2. The summed E-state index contributed by atoms with van der Waals surface area (Å²) in [6.45, 7) is 2.75. The van der Waals surface area contributed by atoms with E-state index in [9.17, 15) is 0 Å². The number of nitrogens with two attached hydrogens (primary N) is 1. The lowest BCUT2D eigenvalue weighted by atomic mass is 9.71. The summed E-state index contributed by atoms with van der Waals surface area (Å²) >= 11 is 0. The molecule has 4 aromatic rings. The Hall–Kier alpha value is -3.52. The SMILES string of the molecule is N[C@@H]1Cc2ccccc2C12CCN(c1cnc3c(N4CCCc5ncccc54)n[nH]c3n1)CC2. The van der Waals surface area contributed by atoms with E-state index in [0.29, 0.717) is 0 Å². The summed E-state index contributed by atoms with van der Waals surface area (Å²) in [6.07, 6.45) is 8.86. The summed E-state index contributed by atoms with van der Waals surface area (Å²) in [5.74, 6) is 1.73. The third-order valence-corrected chi connectivity index (χ3v) is 8.13. The highest BCUT2D eigenvalue weighted by molar-refractivity contribution is 5.87. The summed E-state index contributed by atoms with van der Waals surface area (Å²) in [5.41, 5.74) is 13.4. The molecule has 0 unspecified atom stereocenters. The molecule has 3 aliphatic rings. The first-order chi connectivity index (χ1) is 16.7. The number of anilines is 3. The Morgan fingerprint density at radius 2 is 1.91 bits per heavy atom. The van der Waals surface area contributed by atoms with Gasteiger partial charge in [0.2, 0.25) is 0 Å². The normalized spacial score (nSPS) is 21.1. The fourth-order valence-electron chi connectivity index (χ4n) is 6.32. The molecule has 8 heteroatoms. The van der Waals surface area contributed by atoms with E-state index in [1.54, 1.807) is 0 Å². The van der Waals surface area contributed by atoms with Crippen molar-refractivity contribution >= 4 is 28.5 Å². The fraction of sp³-hybridized carbons (Fsp3) is 0.385. The van der Waals surface area contributed by atoms with Crippen LogP contribution in [-0.2, 0) is 18.3 Å². The molecule has 3 N–H and O–H groups in total. The van der Waals surface area contributed by atoms with Gasteiger partial charge in [-0.3, -0.25) is 10.1 Å². The molecule has 1 spiro atoms. The van der Waals surface area contributed by atoms with Crippen LogP contribution in [0.2, 0.25) is 0 Å². The molecule has 8 nitrogen and oxygen atoms in total. The minimum absolute atomic E-state index is 0.0848. The standard InChI is InChI=1S/C26H28N8/c27-21-15-17-5-1-2-6-18(17)26(21)9-13-33(14-10-26)22-16-29-23-24(30-22)31-32-25(23)34-12-4-7-19-20(34)8-3-11-28-19/h1-3,5-6,8,11,16,21H,4,7,9-10,12-15,27H2,(H,30,31,32)/t21-/m1/s1. The number of nitrogens with one attached hydrogen (secondary N) is 1. The highest BCUT2D eigenvalue weighted by Gasteiger charge is 2.46. The van der Waals surface area contributed by atoms with Crippen LogP contribution in [-0.4, -0.2) is 50.8 Å². The molecule has 0 bridgehead atoms. The smallest absolute Gasteiger partial charge is 0.183 e. The van der Waals surface area contributed by atoms with Crippen molar-refractivity contribution in [3.8, 4) is 0 Å². The maximum atomic E-state index is 6.69. The third-order valence-electron chi connectivity index (χ3n) is 8.13. The predicted molar refractivity (Wildman–Crippen MR) is 132 cm³/mol. The summed E-state index contributed by atoms with van der Waals surface area (Å²) in [4.78, 5) is 18.8. The molecule has 2 aliphatic heterocycles. The molecule has 0 amide bonds. The van der Waals surface area contributed by atoms with E-state index < -0.39 is 0 Å². The molecule has 1 aromatic carbocycles. The van der Waals surface area contributed by atoms with Crippen LogP contribution in [0.5, 0.6) is 0 Å². The van der Waals surface area contributed by atoms with E-state index in [2.05, 4.69) is 55.3 Å². The second-order valence-corrected chi connectivity index (χ2v) is 9.81. The topological polar surface area (TPSA) is 99.9 Å². The van der Waals surface area contributed by atoms with Gasteiger partial charge in [-0.05, 0) is 55.4 Å². The van der Waals surface area contributed by atoms with Crippen LogP contribution in [0.1, 0.15) is 36.1 Å². The van der Waals surface area contributed by atoms with Crippen LogP contribution in [0.3, 0.4) is 0 Å². The number of aryl methyl sites for hydroxylation is 1. The first kappa shape index (κ1) is 19.9. The first-order valence-electron chi connectivity index (χ1n) is 12.2. The van der Waals surface area contributed by atoms with Crippen LogP contribution < -0.4 is 15.5 Å². The second-order valence-electron chi connectivity index (χ2n) is 9.81. The Morgan fingerprint density at radius 1 is 1.03 bits per heavy atom. The molecular weight excluding hydrogens is 424 g/mol. The average Bonchev–Trinajstić information content (AvgIpc) is 3.43. The van der Waals surface area contributed by atoms with Gasteiger partial charge in [0.05, 0.1) is 17.6 Å². The van der Waals surface area contributed by atoms with Crippen LogP contribution in [0, 0.1) is 0 Å². The molecule has 1 saturated heterocycles. The van der Waals surface area contributed by atoms with Crippen molar-refractivity contribution in [3.05, 3.63) is 65.6 Å². The highest BCUT2D eigenvalue weighted by atomic mass is 15.3. The van der Waals surface area contributed by atoms with Crippen molar-refractivity contribution in [2.75, 3.05) is 29.4 Å². The first-order valence-corrected chi connectivity index (χ1v) is 12.2.